The lowest BCUT2D eigenvalue weighted by molar-refractivity contribution is 0.306. The molecule has 0 saturated heterocycles. The van der Waals surface area contributed by atoms with Crippen LogP contribution < -0.4 is 9.92 Å². The van der Waals surface area contributed by atoms with Crippen LogP contribution in [0.2, 0.25) is 24.7 Å². The average molecular weight is 319 g/mol. The zero-order valence-corrected chi connectivity index (χ0v) is 15.2. The molecular weight excluding hydrogens is 296 g/mol. The quantitative estimate of drug-likeness (QED) is 0.714. The van der Waals surface area contributed by atoms with Crippen LogP contribution in [0.5, 0.6) is 5.75 Å². The fourth-order valence-corrected chi connectivity index (χ4v) is 3.53. The van der Waals surface area contributed by atoms with Gasteiger partial charge in [0.2, 0.25) is 0 Å². The summed E-state index contributed by atoms with van der Waals surface area (Å²) in [6.07, 6.45) is 0. The highest BCUT2D eigenvalue weighted by Crippen LogP contribution is 2.26. The van der Waals surface area contributed by atoms with E-state index < -0.39 is 8.07 Å². The van der Waals surface area contributed by atoms with Crippen LogP contribution in [-0.2, 0) is 6.61 Å². The second-order valence-corrected chi connectivity index (χ2v) is 12.1. The first-order valence-electron chi connectivity index (χ1n) is 7.26. The van der Waals surface area contributed by atoms with Gasteiger partial charge in [-0.3, -0.25) is 0 Å². The molecule has 0 unspecified atom stereocenters. The van der Waals surface area contributed by atoms with Crippen molar-refractivity contribution in [3.05, 3.63) is 58.1 Å². The molecule has 2 aromatic rings. The van der Waals surface area contributed by atoms with Gasteiger partial charge in [0.15, 0.2) is 0 Å². The van der Waals surface area contributed by atoms with Crippen molar-refractivity contribution >= 4 is 24.9 Å². The van der Waals surface area contributed by atoms with E-state index in [9.17, 15) is 0 Å². The Morgan fingerprint density at radius 2 is 1.48 bits per heavy atom. The third-order valence-corrected chi connectivity index (χ3v) is 6.30. The zero-order valence-electron chi connectivity index (χ0n) is 13.5. The van der Waals surface area contributed by atoms with E-state index in [1.54, 1.807) is 0 Å². The number of hydrogen-bond acceptors (Lipinski definition) is 1. The molecule has 0 fully saturated rings. The van der Waals surface area contributed by atoms with Crippen molar-refractivity contribution in [2.24, 2.45) is 0 Å². The Balaban J connectivity index is 2.07. The van der Waals surface area contributed by atoms with Crippen molar-refractivity contribution < 1.29 is 4.74 Å². The van der Waals surface area contributed by atoms with Gasteiger partial charge in [-0.25, -0.2) is 0 Å². The molecule has 0 spiro atoms. The van der Waals surface area contributed by atoms with Crippen LogP contribution in [0.4, 0.5) is 0 Å². The number of rotatable bonds is 4. The fourth-order valence-electron chi connectivity index (χ4n) is 2.26. The van der Waals surface area contributed by atoms with E-state index in [-0.39, 0.29) is 0 Å². The molecule has 21 heavy (non-hydrogen) atoms. The van der Waals surface area contributed by atoms with Gasteiger partial charge in [-0.2, -0.15) is 0 Å². The SMILES string of the molecule is Cc1cc(OCc2ccc([Si](C)(C)C)cc2)cc(C)c1Cl. The molecule has 0 aliphatic carbocycles. The van der Waals surface area contributed by atoms with Gasteiger partial charge in [0, 0.05) is 5.02 Å². The number of benzene rings is 2. The molecule has 3 heteroatoms. The molecular formula is C18H23ClOSi. The van der Waals surface area contributed by atoms with E-state index in [1.165, 1.54) is 10.8 Å². The number of halogens is 1. The number of aryl methyl sites for hydroxylation is 2. The van der Waals surface area contributed by atoms with Crippen LogP contribution in [0, 0.1) is 13.8 Å². The lowest BCUT2D eigenvalue weighted by atomic mass is 10.1. The van der Waals surface area contributed by atoms with Crippen LogP contribution in [-0.4, -0.2) is 8.07 Å². The summed E-state index contributed by atoms with van der Waals surface area (Å²) in [5.74, 6) is 0.878. The van der Waals surface area contributed by atoms with Crippen LogP contribution in [0.15, 0.2) is 36.4 Å². The van der Waals surface area contributed by atoms with Crippen molar-refractivity contribution in [2.45, 2.75) is 40.1 Å². The van der Waals surface area contributed by atoms with Gasteiger partial charge in [-0.15, -0.1) is 0 Å². The Morgan fingerprint density at radius 3 is 1.95 bits per heavy atom. The molecule has 0 N–H and O–H groups in total. The maximum Gasteiger partial charge on any atom is 0.120 e. The first-order valence-corrected chi connectivity index (χ1v) is 11.1. The summed E-state index contributed by atoms with van der Waals surface area (Å²) < 4.78 is 5.89. The normalized spacial score (nSPS) is 11.5. The monoisotopic (exact) mass is 318 g/mol. The smallest absolute Gasteiger partial charge is 0.120 e. The molecule has 0 radical (unpaired) electrons. The Morgan fingerprint density at radius 1 is 0.952 bits per heavy atom. The third-order valence-electron chi connectivity index (χ3n) is 3.64. The van der Waals surface area contributed by atoms with E-state index >= 15 is 0 Å². The first kappa shape index (κ1) is 16.1. The van der Waals surface area contributed by atoms with Crippen LogP contribution in [0.3, 0.4) is 0 Å². The minimum absolute atomic E-state index is 0.590. The van der Waals surface area contributed by atoms with Gasteiger partial charge in [0.25, 0.3) is 0 Å². The van der Waals surface area contributed by atoms with E-state index in [1.807, 2.05) is 26.0 Å². The lowest BCUT2D eigenvalue weighted by Gasteiger charge is -2.17. The fraction of sp³-hybridized carbons (Fsp3) is 0.333. The third kappa shape index (κ3) is 4.11. The van der Waals surface area contributed by atoms with Crippen molar-refractivity contribution in [3.8, 4) is 5.75 Å². The minimum Gasteiger partial charge on any atom is -0.489 e. The van der Waals surface area contributed by atoms with Crippen molar-refractivity contribution in [1.29, 1.82) is 0 Å². The first-order chi connectivity index (χ1) is 9.77. The molecule has 0 saturated carbocycles. The highest BCUT2D eigenvalue weighted by Gasteiger charge is 2.15. The predicted molar refractivity (Wildman–Crippen MR) is 94.7 cm³/mol. The summed E-state index contributed by atoms with van der Waals surface area (Å²) in [5, 5.41) is 2.30. The highest BCUT2D eigenvalue weighted by molar-refractivity contribution is 6.88. The second kappa shape index (κ2) is 6.25. The largest absolute Gasteiger partial charge is 0.489 e. The van der Waals surface area contributed by atoms with E-state index in [2.05, 4.69) is 43.9 Å². The van der Waals surface area contributed by atoms with Gasteiger partial charge in [0.1, 0.15) is 12.4 Å². The molecule has 2 rings (SSSR count). The molecule has 112 valence electrons. The summed E-state index contributed by atoms with van der Waals surface area (Å²) >= 11 is 6.18. The summed E-state index contributed by atoms with van der Waals surface area (Å²) in [4.78, 5) is 0. The Kier molecular flexibility index (Phi) is 4.80. The zero-order chi connectivity index (χ0) is 15.6. The summed E-state index contributed by atoms with van der Waals surface area (Å²) in [6, 6.07) is 12.8. The molecule has 0 amide bonds. The molecule has 0 heterocycles. The number of hydrogen-bond donors (Lipinski definition) is 0. The summed E-state index contributed by atoms with van der Waals surface area (Å²) in [7, 11) is -1.22. The standard InChI is InChI=1S/C18H23ClOSi/c1-13-10-16(11-14(2)18(13)19)20-12-15-6-8-17(9-7-15)21(3,4)5/h6-11H,12H2,1-5H3. The van der Waals surface area contributed by atoms with Crippen LogP contribution in [0.1, 0.15) is 16.7 Å². The van der Waals surface area contributed by atoms with Crippen LogP contribution in [0.25, 0.3) is 0 Å². The predicted octanol–water partition coefficient (Wildman–Crippen LogP) is 5.08. The average Bonchev–Trinajstić information content (AvgIpc) is 2.42. The Hall–Kier alpha value is -1.25. The molecule has 0 aliphatic heterocycles. The van der Waals surface area contributed by atoms with Crippen molar-refractivity contribution in [2.75, 3.05) is 0 Å². The van der Waals surface area contributed by atoms with Gasteiger partial charge in [0.05, 0.1) is 8.07 Å². The Bertz CT molecular complexity index is 604. The topological polar surface area (TPSA) is 9.23 Å². The van der Waals surface area contributed by atoms with Gasteiger partial charge in [-0.1, -0.05) is 60.7 Å². The van der Waals surface area contributed by atoms with Gasteiger partial charge >= 0.3 is 0 Å². The van der Waals surface area contributed by atoms with Crippen molar-refractivity contribution in [1.82, 2.24) is 0 Å². The lowest BCUT2D eigenvalue weighted by Crippen LogP contribution is -2.37. The van der Waals surface area contributed by atoms with E-state index in [0.717, 1.165) is 21.9 Å². The molecule has 2 aromatic carbocycles. The molecule has 1 nitrogen and oxygen atoms in total. The number of ether oxygens (including phenoxy) is 1. The van der Waals surface area contributed by atoms with Gasteiger partial charge in [-0.05, 0) is 42.7 Å². The van der Waals surface area contributed by atoms with Crippen LogP contribution >= 0.6 is 11.6 Å². The molecule has 0 aromatic heterocycles. The summed E-state index contributed by atoms with van der Waals surface area (Å²) in [5.41, 5.74) is 3.31. The molecule has 0 atom stereocenters. The maximum absolute atomic E-state index is 6.18. The Labute approximate surface area is 133 Å². The van der Waals surface area contributed by atoms with E-state index in [4.69, 9.17) is 16.3 Å². The van der Waals surface area contributed by atoms with Crippen molar-refractivity contribution in [3.63, 3.8) is 0 Å². The van der Waals surface area contributed by atoms with E-state index in [0.29, 0.717) is 6.61 Å². The van der Waals surface area contributed by atoms with Gasteiger partial charge < -0.3 is 4.74 Å². The minimum atomic E-state index is -1.22. The maximum atomic E-state index is 6.18. The molecule has 0 bridgehead atoms. The second-order valence-electron chi connectivity index (χ2n) is 6.61. The highest BCUT2D eigenvalue weighted by atomic mass is 35.5. The molecule has 0 aliphatic rings. The summed E-state index contributed by atoms with van der Waals surface area (Å²) in [6.45, 7) is 11.7.